The van der Waals surface area contributed by atoms with Crippen molar-refractivity contribution in [3.05, 3.63) is 194 Å². The lowest BCUT2D eigenvalue weighted by Crippen LogP contribution is -1.91. The second-order valence-electron chi connectivity index (χ2n) is 15.6. The van der Waals surface area contributed by atoms with Crippen molar-refractivity contribution < 1.29 is 4.42 Å². The van der Waals surface area contributed by atoms with Crippen molar-refractivity contribution >= 4 is 86.6 Å². The van der Waals surface area contributed by atoms with E-state index >= 15 is 0 Å². The van der Waals surface area contributed by atoms with Crippen molar-refractivity contribution in [1.29, 1.82) is 0 Å². The van der Waals surface area contributed by atoms with Gasteiger partial charge in [0.25, 0.3) is 0 Å². The van der Waals surface area contributed by atoms with Gasteiger partial charge < -0.3 is 4.42 Å². The maximum Gasteiger partial charge on any atom is 0.143 e. The second kappa shape index (κ2) is 11.5. The lowest BCUT2D eigenvalue weighted by molar-refractivity contribution is 0.670. The number of furan rings is 1. The van der Waals surface area contributed by atoms with Gasteiger partial charge >= 0.3 is 0 Å². The van der Waals surface area contributed by atoms with Crippen molar-refractivity contribution in [2.45, 2.75) is 0 Å². The Labute approximate surface area is 328 Å². The predicted molar refractivity (Wildman–Crippen MR) is 243 cm³/mol. The molecule has 262 valence electrons. The first kappa shape index (κ1) is 30.8. The predicted octanol–water partition coefficient (Wildman–Crippen LogP) is 16.0. The number of hydrogen-bond acceptors (Lipinski definition) is 1. The van der Waals surface area contributed by atoms with Crippen molar-refractivity contribution in [3.8, 4) is 44.5 Å². The van der Waals surface area contributed by atoms with Gasteiger partial charge in [-0.05, 0) is 116 Å². The highest BCUT2D eigenvalue weighted by molar-refractivity contribution is 6.27. The Morgan fingerprint density at radius 3 is 1.33 bits per heavy atom. The zero-order valence-electron chi connectivity index (χ0n) is 30.9. The molecule has 13 rings (SSSR count). The molecule has 0 aliphatic rings. The van der Waals surface area contributed by atoms with Crippen molar-refractivity contribution in [1.82, 2.24) is 0 Å². The van der Waals surface area contributed by atoms with Gasteiger partial charge in [-0.1, -0.05) is 182 Å². The third-order valence-electron chi connectivity index (χ3n) is 12.6. The molecule has 0 aliphatic carbocycles. The van der Waals surface area contributed by atoms with E-state index in [1.807, 2.05) is 6.07 Å². The quantitative estimate of drug-likeness (QED) is 0.165. The first-order chi connectivity index (χ1) is 28.2. The molecular weight excluding hydrogens is 689 g/mol. The zero-order valence-corrected chi connectivity index (χ0v) is 30.9. The smallest absolute Gasteiger partial charge is 0.143 e. The number of benzene rings is 12. The molecule has 0 amide bonds. The van der Waals surface area contributed by atoms with Gasteiger partial charge in [0.2, 0.25) is 0 Å². The van der Waals surface area contributed by atoms with Gasteiger partial charge in [-0.25, -0.2) is 0 Å². The van der Waals surface area contributed by atoms with Crippen molar-refractivity contribution in [2.75, 3.05) is 0 Å². The topological polar surface area (TPSA) is 13.1 Å². The molecule has 0 fully saturated rings. The van der Waals surface area contributed by atoms with Crippen LogP contribution in [-0.4, -0.2) is 0 Å². The summed E-state index contributed by atoms with van der Waals surface area (Å²) >= 11 is 0. The van der Waals surface area contributed by atoms with Crippen LogP contribution in [0.4, 0.5) is 0 Å². The van der Waals surface area contributed by atoms with Crippen LogP contribution in [0.1, 0.15) is 0 Å². The molecule has 12 aromatic carbocycles. The highest BCUT2D eigenvalue weighted by Crippen LogP contribution is 2.45. The number of para-hydroxylation sites is 2. The summed E-state index contributed by atoms with van der Waals surface area (Å²) in [5.74, 6) is 0. The minimum atomic E-state index is 0.905. The summed E-state index contributed by atoms with van der Waals surface area (Å²) in [6.45, 7) is 0. The molecular formula is C56H32O. The van der Waals surface area contributed by atoms with E-state index in [0.29, 0.717) is 0 Å². The lowest BCUT2D eigenvalue weighted by atomic mass is 9.86. The summed E-state index contributed by atoms with van der Waals surface area (Å²) in [6, 6.07) is 71.7. The van der Waals surface area contributed by atoms with Crippen LogP contribution in [0.25, 0.3) is 131 Å². The molecule has 13 aromatic rings. The van der Waals surface area contributed by atoms with Crippen molar-refractivity contribution in [3.63, 3.8) is 0 Å². The average Bonchev–Trinajstić information content (AvgIpc) is 3.66. The third kappa shape index (κ3) is 4.40. The summed E-state index contributed by atoms with van der Waals surface area (Å²) in [5.41, 5.74) is 11.3. The van der Waals surface area contributed by atoms with Crippen LogP contribution in [0.5, 0.6) is 0 Å². The Morgan fingerprint density at radius 1 is 0.246 bits per heavy atom. The maximum atomic E-state index is 6.69. The first-order valence-corrected chi connectivity index (χ1v) is 19.7. The van der Waals surface area contributed by atoms with Gasteiger partial charge in [-0.3, -0.25) is 0 Å². The molecule has 0 radical (unpaired) electrons. The van der Waals surface area contributed by atoms with Crippen LogP contribution in [0.3, 0.4) is 0 Å². The van der Waals surface area contributed by atoms with Gasteiger partial charge in [0.1, 0.15) is 11.2 Å². The average molecular weight is 721 g/mol. The largest absolute Gasteiger partial charge is 0.455 e. The Kier molecular flexibility index (Phi) is 6.23. The van der Waals surface area contributed by atoms with Crippen LogP contribution in [0.2, 0.25) is 0 Å². The molecule has 0 saturated carbocycles. The number of hydrogen-bond donors (Lipinski definition) is 0. The van der Waals surface area contributed by atoms with Crippen LogP contribution < -0.4 is 0 Å². The summed E-state index contributed by atoms with van der Waals surface area (Å²) in [4.78, 5) is 0. The lowest BCUT2D eigenvalue weighted by Gasteiger charge is -2.17. The Morgan fingerprint density at radius 2 is 0.702 bits per heavy atom. The van der Waals surface area contributed by atoms with E-state index in [1.54, 1.807) is 0 Å². The molecule has 1 heterocycles. The van der Waals surface area contributed by atoms with Crippen LogP contribution in [-0.2, 0) is 0 Å². The van der Waals surface area contributed by atoms with E-state index in [4.69, 9.17) is 4.42 Å². The zero-order chi connectivity index (χ0) is 37.2. The fraction of sp³-hybridized carbons (Fsp3) is 0. The van der Waals surface area contributed by atoms with E-state index in [2.05, 4.69) is 188 Å². The molecule has 0 atom stereocenters. The van der Waals surface area contributed by atoms with Crippen LogP contribution in [0, 0.1) is 0 Å². The summed E-state index contributed by atoms with van der Waals surface area (Å²) in [5, 5.41) is 17.9. The van der Waals surface area contributed by atoms with E-state index in [0.717, 1.165) is 33.1 Å². The second-order valence-corrected chi connectivity index (χ2v) is 15.6. The molecule has 0 bridgehead atoms. The minimum absolute atomic E-state index is 0.905. The van der Waals surface area contributed by atoms with Gasteiger partial charge in [-0.2, -0.15) is 0 Å². The first-order valence-electron chi connectivity index (χ1n) is 19.7. The summed E-state index contributed by atoms with van der Waals surface area (Å²) < 4.78 is 6.69. The maximum absolute atomic E-state index is 6.69. The molecule has 0 spiro atoms. The molecule has 0 aliphatic heterocycles. The summed E-state index contributed by atoms with van der Waals surface area (Å²) in [6.07, 6.45) is 0. The number of fused-ring (bicyclic) bond motifs is 3. The fourth-order valence-corrected chi connectivity index (χ4v) is 9.95. The van der Waals surface area contributed by atoms with E-state index in [9.17, 15) is 0 Å². The SMILES string of the molecule is c1cc2ccc3ccc(-c4ccc(-c5ccc(-c6ccc7ccc8cccc9ccc6c7c89)cc5-c5cccc6c5oc5ccccc56)cc4)c4ccc(c1)c2c34. The van der Waals surface area contributed by atoms with Gasteiger partial charge in [0.15, 0.2) is 0 Å². The highest BCUT2D eigenvalue weighted by Gasteiger charge is 2.19. The summed E-state index contributed by atoms with van der Waals surface area (Å²) in [7, 11) is 0. The van der Waals surface area contributed by atoms with Crippen LogP contribution in [0.15, 0.2) is 199 Å². The molecule has 1 nitrogen and oxygen atoms in total. The Bertz CT molecular complexity index is 3700. The van der Waals surface area contributed by atoms with Crippen molar-refractivity contribution in [2.24, 2.45) is 0 Å². The monoisotopic (exact) mass is 720 g/mol. The van der Waals surface area contributed by atoms with Gasteiger partial charge in [0, 0.05) is 16.3 Å². The number of rotatable bonds is 4. The standard InChI is InChI=1S/C56H32O/c1-2-13-51-45(10-1)48-11-5-12-49(56(48)57-51)50-32-41(44-28-23-40-21-19-36-7-4-9-38-25-31-47(44)55(40)53(36)38)26-29-43(50)34-16-14-33(15-17-34)42-27-22-39-20-18-35-6-3-8-37-24-30-46(42)54(39)52(35)37/h1-32H. The third-order valence-corrected chi connectivity index (χ3v) is 12.6. The van der Waals surface area contributed by atoms with E-state index in [-0.39, 0.29) is 0 Å². The molecule has 0 N–H and O–H groups in total. The molecule has 0 saturated heterocycles. The molecule has 0 unspecified atom stereocenters. The van der Waals surface area contributed by atoms with Gasteiger partial charge in [0.05, 0.1) is 0 Å². The van der Waals surface area contributed by atoms with Gasteiger partial charge in [-0.15, -0.1) is 0 Å². The Balaban J connectivity index is 1.01. The normalized spacial score (nSPS) is 12.2. The molecule has 57 heavy (non-hydrogen) atoms. The fourth-order valence-electron chi connectivity index (χ4n) is 9.95. The van der Waals surface area contributed by atoms with E-state index < -0.39 is 0 Å². The van der Waals surface area contributed by atoms with E-state index in [1.165, 1.54) is 98.0 Å². The minimum Gasteiger partial charge on any atom is -0.455 e. The Hall–Kier alpha value is -7.48. The highest BCUT2D eigenvalue weighted by atomic mass is 16.3. The molecule has 1 aromatic heterocycles. The van der Waals surface area contributed by atoms with Crippen LogP contribution >= 0.6 is 0 Å². The molecule has 1 heteroatoms.